The van der Waals surface area contributed by atoms with Crippen molar-refractivity contribution in [3.8, 4) is 0 Å². The lowest BCUT2D eigenvalue weighted by atomic mass is 10.1. The molecule has 0 spiro atoms. The van der Waals surface area contributed by atoms with Gasteiger partial charge in [-0.2, -0.15) is 0 Å². The second kappa shape index (κ2) is 9.41. The van der Waals surface area contributed by atoms with E-state index >= 15 is 0 Å². The van der Waals surface area contributed by atoms with Crippen molar-refractivity contribution in [1.29, 1.82) is 0 Å². The van der Waals surface area contributed by atoms with Gasteiger partial charge in [0.15, 0.2) is 0 Å². The molecule has 0 bridgehead atoms. The minimum absolute atomic E-state index is 0. The number of aromatic nitrogens is 4. The summed E-state index contributed by atoms with van der Waals surface area (Å²) >= 11 is 1.65. The van der Waals surface area contributed by atoms with Gasteiger partial charge in [0.05, 0.1) is 35.6 Å². The lowest BCUT2D eigenvalue weighted by molar-refractivity contribution is 0.181. The van der Waals surface area contributed by atoms with E-state index in [0.29, 0.717) is 12.0 Å². The minimum Gasteiger partial charge on any atom is -0.383 e. The summed E-state index contributed by atoms with van der Waals surface area (Å²) in [4.78, 5) is 11.8. The maximum absolute atomic E-state index is 5.39. The van der Waals surface area contributed by atoms with Crippen molar-refractivity contribution in [2.24, 2.45) is 0 Å². The highest BCUT2D eigenvalue weighted by atomic mass is 35.5. The maximum atomic E-state index is 5.39. The molecule has 5 rings (SSSR count). The Morgan fingerprint density at radius 3 is 2.83 bits per heavy atom. The number of nitrogens with zero attached hydrogens (tertiary/aromatic N) is 5. The predicted octanol–water partition coefficient (Wildman–Crippen LogP) is 4.92. The molecule has 0 aromatic carbocycles. The topological polar surface area (TPSA) is 76.1 Å². The van der Waals surface area contributed by atoms with Crippen molar-refractivity contribution in [1.82, 2.24) is 20.2 Å². The maximum Gasteiger partial charge on any atom is 0.211 e. The van der Waals surface area contributed by atoms with E-state index < -0.39 is 0 Å². The van der Waals surface area contributed by atoms with Crippen LogP contribution in [-0.4, -0.2) is 46.5 Å². The number of hydrogen-bond acceptors (Lipinski definition) is 8. The number of methoxy groups -OCH3 is 1. The molecule has 1 atom stereocenters. The summed E-state index contributed by atoms with van der Waals surface area (Å²) in [6.45, 7) is 1.78. The highest BCUT2D eigenvalue weighted by Gasteiger charge is 2.25. The quantitative estimate of drug-likeness (QED) is 0.575. The molecule has 2 fully saturated rings. The number of fused-ring (bicyclic) bond motifs is 1. The van der Waals surface area contributed by atoms with E-state index in [1.54, 1.807) is 18.4 Å². The largest absolute Gasteiger partial charge is 0.383 e. The Bertz CT molecular complexity index is 993. The smallest absolute Gasteiger partial charge is 0.211 e. The van der Waals surface area contributed by atoms with Crippen LogP contribution in [0.15, 0.2) is 24.4 Å². The monoisotopic (exact) mass is 446 g/mol. The first-order valence-electron chi connectivity index (χ1n) is 10.4. The van der Waals surface area contributed by atoms with E-state index in [4.69, 9.17) is 9.72 Å². The van der Waals surface area contributed by atoms with Gasteiger partial charge in [0.25, 0.3) is 0 Å². The molecule has 30 heavy (non-hydrogen) atoms. The van der Waals surface area contributed by atoms with E-state index in [-0.39, 0.29) is 12.4 Å². The molecular formula is C21H27ClN6OS. The molecule has 160 valence electrons. The Morgan fingerprint density at radius 1 is 1.13 bits per heavy atom. The Hall–Kier alpha value is -2.03. The molecule has 1 saturated heterocycles. The fourth-order valence-corrected chi connectivity index (χ4v) is 5.42. The van der Waals surface area contributed by atoms with Gasteiger partial charge in [-0.15, -0.1) is 22.6 Å². The zero-order valence-corrected chi connectivity index (χ0v) is 18.7. The highest BCUT2D eigenvalue weighted by molar-refractivity contribution is 7.15. The van der Waals surface area contributed by atoms with Gasteiger partial charge < -0.3 is 15.0 Å². The third kappa shape index (κ3) is 4.36. The second-order valence-corrected chi connectivity index (χ2v) is 8.93. The molecule has 1 N–H and O–H groups in total. The van der Waals surface area contributed by atoms with Gasteiger partial charge in [-0.05, 0) is 43.9 Å². The average molecular weight is 447 g/mol. The second-order valence-electron chi connectivity index (χ2n) is 7.92. The molecular weight excluding hydrogens is 420 g/mol. The summed E-state index contributed by atoms with van der Waals surface area (Å²) in [6.07, 6.45) is 9.36. The number of pyridine rings is 2. The lowest BCUT2D eigenvalue weighted by Gasteiger charge is -2.26. The van der Waals surface area contributed by atoms with Crippen molar-refractivity contribution in [2.75, 3.05) is 30.5 Å². The molecule has 7 nitrogen and oxygen atoms in total. The molecule has 4 heterocycles. The zero-order valence-electron chi connectivity index (χ0n) is 17.1. The molecule has 2 aliphatic rings. The Morgan fingerprint density at radius 2 is 2.00 bits per heavy atom. The van der Waals surface area contributed by atoms with Gasteiger partial charge in [0.1, 0.15) is 10.8 Å². The first-order chi connectivity index (χ1) is 14.3. The normalized spacial score (nSPS) is 19.4. The lowest BCUT2D eigenvalue weighted by Crippen LogP contribution is -2.32. The Kier molecular flexibility index (Phi) is 6.65. The summed E-state index contributed by atoms with van der Waals surface area (Å²) in [5.41, 5.74) is 2.89. The van der Waals surface area contributed by atoms with Crippen LogP contribution in [0, 0.1) is 0 Å². The van der Waals surface area contributed by atoms with Crippen LogP contribution in [0.2, 0.25) is 0 Å². The molecule has 1 saturated carbocycles. The van der Waals surface area contributed by atoms with Gasteiger partial charge in [0, 0.05) is 19.6 Å². The van der Waals surface area contributed by atoms with Crippen LogP contribution in [0.5, 0.6) is 0 Å². The number of hydrogen-bond donors (Lipinski definition) is 1. The van der Waals surface area contributed by atoms with E-state index in [0.717, 1.165) is 52.3 Å². The number of nitrogens with one attached hydrogen (secondary N) is 1. The van der Waals surface area contributed by atoms with Gasteiger partial charge >= 0.3 is 0 Å². The van der Waals surface area contributed by atoms with E-state index in [1.165, 1.54) is 32.1 Å². The molecule has 3 aromatic rings. The summed E-state index contributed by atoms with van der Waals surface area (Å²) < 4.78 is 5.39. The summed E-state index contributed by atoms with van der Waals surface area (Å²) in [5.74, 6) is 1.36. The minimum atomic E-state index is 0. The van der Waals surface area contributed by atoms with Gasteiger partial charge in [-0.1, -0.05) is 24.2 Å². The van der Waals surface area contributed by atoms with Crippen molar-refractivity contribution in [3.63, 3.8) is 0 Å². The van der Waals surface area contributed by atoms with E-state index in [9.17, 15) is 0 Å². The van der Waals surface area contributed by atoms with Crippen LogP contribution in [0.25, 0.3) is 11.0 Å². The first-order valence-corrected chi connectivity index (χ1v) is 11.2. The van der Waals surface area contributed by atoms with Crippen LogP contribution >= 0.6 is 23.7 Å². The molecule has 1 aliphatic carbocycles. The van der Waals surface area contributed by atoms with Crippen molar-refractivity contribution < 1.29 is 4.74 Å². The number of halogens is 1. The van der Waals surface area contributed by atoms with Crippen LogP contribution in [0.1, 0.15) is 49.5 Å². The van der Waals surface area contributed by atoms with E-state index in [2.05, 4.69) is 31.5 Å². The van der Waals surface area contributed by atoms with Crippen LogP contribution in [-0.2, 0) is 4.74 Å². The zero-order chi connectivity index (χ0) is 19.6. The van der Waals surface area contributed by atoms with Crippen LogP contribution in [0.4, 0.5) is 16.6 Å². The van der Waals surface area contributed by atoms with Crippen LogP contribution < -0.4 is 10.2 Å². The third-order valence-corrected chi connectivity index (χ3v) is 6.97. The Labute approximate surface area is 186 Å². The molecule has 1 aliphatic heterocycles. The van der Waals surface area contributed by atoms with Gasteiger partial charge in [-0.3, -0.25) is 4.98 Å². The summed E-state index contributed by atoms with van der Waals surface area (Å²) in [6, 6.07) is 6.50. The third-order valence-electron chi connectivity index (χ3n) is 5.97. The van der Waals surface area contributed by atoms with Gasteiger partial charge in [-0.25, -0.2) is 4.98 Å². The van der Waals surface area contributed by atoms with E-state index in [1.807, 2.05) is 18.3 Å². The standard InChI is InChI=1S/C21H26N6OS.ClH/c1-28-13-15-7-4-10-27(15)16-11-18-17(22-12-16)8-9-19(23-18)24-21-26-25-20(29-21)14-5-2-3-6-14;/h8-9,11-12,14-15H,2-7,10,13H2,1H3,(H,23,24,26);1H/t15-;/m1./s1. The summed E-state index contributed by atoms with van der Waals surface area (Å²) in [5, 5.41) is 14.0. The molecule has 0 amide bonds. The van der Waals surface area contributed by atoms with Crippen molar-refractivity contribution in [3.05, 3.63) is 29.4 Å². The first kappa shape index (κ1) is 21.2. The predicted molar refractivity (Wildman–Crippen MR) is 123 cm³/mol. The van der Waals surface area contributed by atoms with Crippen molar-refractivity contribution >= 4 is 51.4 Å². The molecule has 0 radical (unpaired) electrons. The average Bonchev–Trinajstić information content (AvgIpc) is 3.49. The SMILES string of the molecule is COC[C@H]1CCCN1c1cnc2ccc(Nc3nnc(C4CCCC4)s3)nc2c1.Cl. The molecule has 9 heteroatoms. The Balaban J connectivity index is 0.00000218. The summed E-state index contributed by atoms with van der Waals surface area (Å²) in [7, 11) is 1.76. The number of anilines is 3. The van der Waals surface area contributed by atoms with Crippen LogP contribution in [0.3, 0.4) is 0 Å². The molecule has 3 aromatic heterocycles. The number of ether oxygens (including phenoxy) is 1. The fourth-order valence-electron chi connectivity index (χ4n) is 4.50. The molecule has 0 unspecified atom stereocenters. The van der Waals surface area contributed by atoms with Crippen molar-refractivity contribution in [2.45, 2.75) is 50.5 Å². The number of rotatable bonds is 6. The highest BCUT2D eigenvalue weighted by Crippen LogP contribution is 2.37. The fraction of sp³-hybridized carbons (Fsp3) is 0.524. The van der Waals surface area contributed by atoms with Gasteiger partial charge in [0.2, 0.25) is 5.13 Å².